The van der Waals surface area contributed by atoms with Crippen molar-refractivity contribution >= 4 is 12.0 Å². The van der Waals surface area contributed by atoms with Crippen LogP contribution >= 0.6 is 0 Å². The Kier molecular flexibility index (Phi) is 4.09. The third-order valence-electron chi connectivity index (χ3n) is 2.03. The molecule has 82 valence electrons. The molecule has 4 nitrogen and oxygen atoms in total. The lowest BCUT2D eigenvalue weighted by Crippen LogP contribution is -2.20. The Morgan fingerprint density at radius 2 is 2.40 bits per heavy atom. The van der Waals surface area contributed by atoms with Gasteiger partial charge in [0.2, 0.25) is 5.91 Å². The Morgan fingerprint density at radius 1 is 1.67 bits per heavy atom. The predicted molar refractivity (Wildman–Crippen MR) is 60.3 cm³/mol. The van der Waals surface area contributed by atoms with Crippen molar-refractivity contribution in [2.24, 2.45) is 7.05 Å². The topological polar surface area (TPSA) is 46.9 Å². The first-order valence-electron chi connectivity index (χ1n) is 5.01. The van der Waals surface area contributed by atoms with Crippen molar-refractivity contribution in [1.29, 1.82) is 0 Å². The van der Waals surface area contributed by atoms with Crippen LogP contribution in [0.3, 0.4) is 0 Å². The van der Waals surface area contributed by atoms with Gasteiger partial charge in [0.1, 0.15) is 0 Å². The van der Waals surface area contributed by atoms with Crippen LogP contribution in [-0.2, 0) is 11.8 Å². The number of rotatable bonds is 4. The van der Waals surface area contributed by atoms with Crippen molar-refractivity contribution in [3.63, 3.8) is 0 Å². The van der Waals surface area contributed by atoms with Crippen molar-refractivity contribution < 1.29 is 4.79 Å². The first kappa shape index (κ1) is 11.5. The summed E-state index contributed by atoms with van der Waals surface area (Å²) in [6.45, 7) is 4.19. The molecule has 0 fully saturated rings. The van der Waals surface area contributed by atoms with Crippen molar-refractivity contribution in [2.75, 3.05) is 6.54 Å². The van der Waals surface area contributed by atoms with Gasteiger partial charge in [-0.15, -0.1) is 0 Å². The van der Waals surface area contributed by atoms with Gasteiger partial charge in [0.15, 0.2) is 0 Å². The Labute approximate surface area is 90.0 Å². The maximum atomic E-state index is 10.6. The van der Waals surface area contributed by atoms with Crippen LogP contribution in [0.5, 0.6) is 0 Å². The fraction of sp³-hybridized carbons (Fsp3) is 0.455. The summed E-state index contributed by atoms with van der Waals surface area (Å²) in [5.41, 5.74) is 2.15. The zero-order valence-electron chi connectivity index (χ0n) is 9.45. The highest BCUT2D eigenvalue weighted by atomic mass is 16.1. The van der Waals surface area contributed by atoms with E-state index in [1.807, 2.05) is 32.3 Å². The highest BCUT2D eigenvalue weighted by Crippen LogP contribution is 2.06. The number of aryl methyl sites for hydroxylation is 2. The summed E-state index contributed by atoms with van der Waals surface area (Å²) < 4.78 is 1.79. The molecule has 0 aromatic carbocycles. The second-order valence-electron chi connectivity index (χ2n) is 3.52. The quantitative estimate of drug-likeness (QED) is 0.756. The summed E-state index contributed by atoms with van der Waals surface area (Å²) in [6.07, 6.45) is 6.89. The molecular formula is C11H17N3O. The van der Waals surface area contributed by atoms with E-state index in [9.17, 15) is 4.79 Å². The maximum absolute atomic E-state index is 10.6. The zero-order chi connectivity index (χ0) is 11.3. The van der Waals surface area contributed by atoms with Gasteiger partial charge in [0, 0.05) is 32.3 Å². The van der Waals surface area contributed by atoms with Crippen LogP contribution in [-0.4, -0.2) is 22.2 Å². The van der Waals surface area contributed by atoms with Crippen LogP contribution in [0.2, 0.25) is 0 Å². The van der Waals surface area contributed by atoms with E-state index in [2.05, 4.69) is 10.4 Å². The van der Waals surface area contributed by atoms with E-state index in [0.29, 0.717) is 6.54 Å². The van der Waals surface area contributed by atoms with Crippen molar-refractivity contribution in [3.05, 3.63) is 23.5 Å². The summed E-state index contributed by atoms with van der Waals surface area (Å²) in [4.78, 5) is 10.6. The van der Waals surface area contributed by atoms with Gasteiger partial charge in [0.05, 0.1) is 5.69 Å². The van der Waals surface area contributed by atoms with E-state index in [-0.39, 0.29) is 5.91 Å². The van der Waals surface area contributed by atoms with Crippen LogP contribution in [0.15, 0.2) is 12.3 Å². The number of carbonyl (C=O) groups is 1. The maximum Gasteiger partial charge on any atom is 0.216 e. The lowest BCUT2D eigenvalue weighted by atomic mass is 10.2. The van der Waals surface area contributed by atoms with Gasteiger partial charge >= 0.3 is 0 Å². The van der Waals surface area contributed by atoms with Crippen molar-refractivity contribution in [1.82, 2.24) is 15.1 Å². The van der Waals surface area contributed by atoms with E-state index >= 15 is 0 Å². The molecule has 1 amide bonds. The minimum absolute atomic E-state index is 0.0148. The van der Waals surface area contributed by atoms with Gasteiger partial charge in [-0.2, -0.15) is 5.10 Å². The molecular weight excluding hydrogens is 190 g/mol. The van der Waals surface area contributed by atoms with E-state index in [0.717, 1.165) is 17.7 Å². The molecule has 0 radical (unpaired) electrons. The SMILES string of the molecule is CC(=O)NCCC=Cc1cn(C)nc1C. The highest BCUT2D eigenvalue weighted by Gasteiger charge is 1.97. The summed E-state index contributed by atoms with van der Waals surface area (Å²) >= 11 is 0. The first-order valence-corrected chi connectivity index (χ1v) is 5.01. The second-order valence-corrected chi connectivity index (χ2v) is 3.52. The van der Waals surface area contributed by atoms with E-state index in [4.69, 9.17) is 0 Å². The van der Waals surface area contributed by atoms with E-state index in [1.54, 1.807) is 4.68 Å². The van der Waals surface area contributed by atoms with Gasteiger partial charge in [-0.05, 0) is 13.3 Å². The molecule has 0 aliphatic rings. The number of carbonyl (C=O) groups excluding carboxylic acids is 1. The molecule has 0 spiro atoms. The molecule has 0 saturated carbocycles. The molecule has 0 unspecified atom stereocenters. The molecule has 1 aromatic heterocycles. The second kappa shape index (κ2) is 5.34. The Morgan fingerprint density at radius 3 is 2.93 bits per heavy atom. The van der Waals surface area contributed by atoms with E-state index < -0.39 is 0 Å². The fourth-order valence-electron chi connectivity index (χ4n) is 1.32. The van der Waals surface area contributed by atoms with Crippen LogP contribution in [0.25, 0.3) is 6.08 Å². The molecule has 15 heavy (non-hydrogen) atoms. The summed E-state index contributed by atoms with van der Waals surface area (Å²) in [5, 5.41) is 6.97. The standard InChI is InChI=1S/C11H17N3O/c1-9-11(8-14(3)13-9)6-4-5-7-12-10(2)15/h4,6,8H,5,7H2,1-3H3,(H,12,15). The molecule has 0 atom stereocenters. The highest BCUT2D eigenvalue weighted by molar-refractivity contribution is 5.72. The average Bonchev–Trinajstić information content (AvgIpc) is 2.44. The zero-order valence-corrected chi connectivity index (χ0v) is 9.45. The summed E-state index contributed by atoms with van der Waals surface area (Å²) in [7, 11) is 1.90. The normalized spacial score (nSPS) is 10.9. The van der Waals surface area contributed by atoms with Gasteiger partial charge in [-0.25, -0.2) is 0 Å². The minimum atomic E-state index is 0.0148. The van der Waals surface area contributed by atoms with Crippen molar-refractivity contribution in [3.8, 4) is 0 Å². The molecule has 0 aliphatic carbocycles. The lowest BCUT2D eigenvalue weighted by Gasteiger charge is -1.96. The van der Waals surface area contributed by atoms with Crippen LogP contribution < -0.4 is 5.32 Å². The molecule has 1 aromatic rings. The number of amides is 1. The average molecular weight is 207 g/mol. The number of nitrogens with one attached hydrogen (secondary N) is 1. The van der Waals surface area contributed by atoms with Crippen LogP contribution in [0.4, 0.5) is 0 Å². The molecule has 1 N–H and O–H groups in total. The Balaban J connectivity index is 2.38. The smallest absolute Gasteiger partial charge is 0.216 e. The van der Waals surface area contributed by atoms with Crippen LogP contribution in [0.1, 0.15) is 24.6 Å². The monoisotopic (exact) mass is 207 g/mol. The van der Waals surface area contributed by atoms with Gasteiger partial charge in [-0.1, -0.05) is 12.2 Å². The minimum Gasteiger partial charge on any atom is -0.356 e. The molecule has 4 heteroatoms. The first-order chi connectivity index (χ1) is 7.09. The number of nitrogens with zero attached hydrogens (tertiary/aromatic N) is 2. The van der Waals surface area contributed by atoms with Gasteiger partial charge < -0.3 is 5.32 Å². The van der Waals surface area contributed by atoms with Crippen molar-refractivity contribution in [2.45, 2.75) is 20.3 Å². The van der Waals surface area contributed by atoms with Gasteiger partial charge in [-0.3, -0.25) is 9.48 Å². The molecule has 0 bridgehead atoms. The predicted octanol–water partition coefficient (Wildman–Crippen LogP) is 1.27. The molecule has 1 rings (SSSR count). The Bertz CT molecular complexity index is 366. The number of hydrogen-bond donors (Lipinski definition) is 1. The largest absolute Gasteiger partial charge is 0.356 e. The molecule has 0 saturated heterocycles. The number of aromatic nitrogens is 2. The molecule has 0 aliphatic heterocycles. The third kappa shape index (κ3) is 3.97. The summed E-state index contributed by atoms with van der Waals surface area (Å²) in [5.74, 6) is 0.0148. The fourth-order valence-corrected chi connectivity index (χ4v) is 1.32. The lowest BCUT2D eigenvalue weighted by molar-refractivity contribution is -0.118. The third-order valence-corrected chi connectivity index (χ3v) is 2.03. The van der Waals surface area contributed by atoms with E-state index in [1.165, 1.54) is 6.92 Å². The molecule has 1 heterocycles. The summed E-state index contributed by atoms with van der Waals surface area (Å²) in [6, 6.07) is 0. The Hall–Kier alpha value is -1.58. The number of hydrogen-bond acceptors (Lipinski definition) is 2. The van der Waals surface area contributed by atoms with Gasteiger partial charge in [0.25, 0.3) is 0 Å². The van der Waals surface area contributed by atoms with Crippen LogP contribution in [0, 0.1) is 6.92 Å².